The van der Waals surface area contributed by atoms with Gasteiger partial charge in [0, 0.05) is 127 Å². The van der Waals surface area contributed by atoms with Crippen LogP contribution in [-0.4, -0.2) is 198 Å². The lowest BCUT2D eigenvalue weighted by Crippen LogP contribution is -2.52. The second kappa shape index (κ2) is 31.0. The van der Waals surface area contributed by atoms with Crippen molar-refractivity contribution >= 4 is 87.7 Å². The third-order valence-electron chi connectivity index (χ3n) is 21.8. The highest BCUT2D eigenvalue weighted by molar-refractivity contribution is 6.06. The number of carbonyl (C=O) groups excluding carboxylic acids is 7. The number of aldehydes is 1. The van der Waals surface area contributed by atoms with E-state index in [4.69, 9.17) is 25.9 Å². The fraction of sp³-hybridized carbons (Fsp3) is 0.338. The number of rotatable bonds is 16. The van der Waals surface area contributed by atoms with Gasteiger partial charge in [-0.2, -0.15) is 0 Å². The summed E-state index contributed by atoms with van der Waals surface area (Å²) in [7, 11) is 0. The number of hydrogen-bond donors (Lipinski definition) is 4. The molecule has 18 rings (SSSR count). The summed E-state index contributed by atoms with van der Waals surface area (Å²) in [5.74, 6) is 1.36. The summed E-state index contributed by atoms with van der Waals surface area (Å²) in [5.41, 5.74) is 16.8. The number of aromatic nitrogens is 8. The lowest BCUT2D eigenvalue weighted by Gasteiger charge is -2.35. The molecule has 14 heterocycles. The van der Waals surface area contributed by atoms with Crippen molar-refractivity contribution in [3.05, 3.63) is 203 Å². The second-order valence-corrected chi connectivity index (χ2v) is 28.6. The van der Waals surface area contributed by atoms with Gasteiger partial charge in [0.25, 0.3) is 11.8 Å². The first kappa shape index (κ1) is 71.2. The van der Waals surface area contributed by atoms with Crippen LogP contribution in [0.3, 0.4) is 0 Å². The molecule has 0 radical (unpaired) electrons. The standard InChI is InChI=1S/C40H41FN10O3.C27H28FN7O.C13H13N3O3/c41-28-5-1-4-26(22-28)32-7-3-16-49(32)37-13-12-35-43-24-34(51(35)46-37)31-6-2-8-36(44-31)48-20-18-47(19-21-48)17-15-42-29-9-10-30-27(23-29)25-50(40(30)54)33-11-14-38(52)45-39(33)53;28-21-5-1-4-20(18-21)23-7-3-11-34(23)27-10-9-25-29-19-24(35(25)31-27)22-6-2-8-26(30-22)33-14-12-32(13-15-33)16-17-36;14-8-1-2-9-7(5-8)6-16(13(9)19)10-3-4-11(17)15-12(10)18/h1-2,4-6,8-10,12-13,22-24,32-33,42H,3,7,11,14-21,25H2,(H,45,52,53);1-2,4-6,8-10,17-19,23H,3,7,11-16H2;1-2,5,10H,3-4,6,14H2,(H,15,17,18)/t32-,33?;23-;/m11./s1. The highest BCUT2D eigenvalue weighted by atomic mass is 19.1. The van der Waals surface area contributed by atoms with Gasteiger partial charge in [-0.15, -0.1) is 10.2 Å². The van der Waals surface area contributed by atoms with E-state index in [1.807, 2.05) is 106 Å². The van der Waals surface area contributed by atoms with Gasteiger partial charge in [0.05, 0.1) is 42.4 Å². The third-order valence-corrected chi connectivity index (χ3v) is 21.8. The van der Waals surface area contributed by atoms with Crippen LogP contribution in [0.25, 0.3) is 34.1 Å². The maximum atomic E-state index is 14.1. The van der Waals surface area contributed by atoms with Gasteiger partial charge >= 0.3 is 0 Å². The lowest BCUT2D eigenvalue weighted by molar-refractivity contribution is -0.138. The molecular weight excluding hydrogens is 1390 g/mol. The summed E-state index contributed by atoms with van der Waals surface area (Å²) in [4.78, 5) is 119. The maximum absolute atomic E-state index is 14.1. The number of carbonyl (C=O) groups is 7. The Kier molecular flexibility index (Phi) is 20.2. The minimum atomic E-state index is -0.616. The fourth-order valence-electron chi connectivity index (χ4n) is 16.2. The van der Waals surface area contributed by atoms with E-state index >= 15 is 0 Å². The predicted molar refractivity (Wildman–Crippen MR) is 405 cm³/mol. The van der Waals surface area contributed by atoms with Crippen molar-refractivity contribution in [1.29, 1.82) is 0 Å². The average Bonchev–Trinajstić information content (AvgIpc) is 1.67. The number of fused-ring (bicyclic) bond motifs is 4. The summed E-state index contributed by atoms with van der Waals surface area (Å²) in [6.07, 6.45) is 9.78. The number of amides is 6. The van der Waals surface area contributed by atoms with Gasteiger partial charge in [-0.1, -0.05) is 36.4 Å². The minimum Gasteiger partial charge on any atom is -0.399 e. The zero-order valence-electron chi connectivity index (χ0n) is 60.0. The molecule has 4 aromatic carbocycles. The molecule has 5 N–H and O–H groups in total. The van der Waals surface area contributed by atoms with Gasteiger partial charge in [-0.25, -0.2) is 37.7 Å². The van der Waals surface area contributed by atoms with E-state index in [9.17, 15) is 42.3 Å². The molecule has 6 amide bonds. The molecule has 6 aromatic heterocycles. The number of nitrogens with two attached hydrogens (primary N) is 1. The number of hydrogen-bond acceptors (Lipinski definition) is 21. The van der Waals surface area contributed by atoms with Crippen molar-refractivity contribution in [2.75, 3.05) is 116 Å². The Morgan fingerprint density at radius 2 is 0.972 bits per heavy atom. The van der Waals surface area contributed by atoms with E-state index in [-0.39, 0.29) is 60.2 Å². The predicted octanol–water partition coefficient (Wildman–Crippen LogP) is 7.89. The maximum Gasteiger partial charge on any atom is 0.255 e. The molecular formula is C80H82F2N20O7. The number of pyridine rings is 2. The van der Waals surface area contributed by atoms with Gasteiger partial charge in [-0.3, -0.25) is 49.2 Å². The quantitative estimate of drug-likeness (QED) is 0.0406. The first-order valence-electron chi connectivity index (χ1n) is 37.2. The summed E-state index contributed by atoms with van der Waals surface area (Å²) in [5, 5.41) is 18.1. The Bertz CT molecular complexity index is 5160. The number of piperidine rings is 2. The number of imide groups is 2. The Balaban J connectivity index is 0.000000140. The highest BCUT2D eigenvalue weighted by Crippen LogP contribution is 2.39. The van der Waals surface area contributed by atoms with E-state index in [1.165, 1.54) is 17.0 Å². The molecule has 8 aliphatic heterocycles. The Labute approximate surface area is 626 Å². The molecule has 0 bridgehead atoms. The number of piperazine rings is 2. The van der Waals surface area contributed by atoms with E-state index < -0.39 is 23.9 Å². The van der Waals surface area contributed by atoms with Crippen LogP contribution < -0.4 is 41.3 Å². The van der Waals surface area contributed by atoms with Gasteiger partial charge in [0.1, 0.15) is 64.7 Å². The zero-order valence-corrected chi connectivity index (χ0v) is 60.0. The smallest absolute Gasteiger partial charge is 0.255 e. The molecule has 4 atom stereocenters. The normalized spacial score (nSPS) is 20.3. The zero-order chi connectivity index (χ0) is 74.8. The molecule has 6 fully saturated rings. The molecule has 0 spiro atoms. The first-order valence-corrected chi connectivity index (χ1v) is 37.2. The summed E-state index contributed by atoms with van der Waals surface area (Å²) < 4.78 is 31.7. The number of imidazole rings is 2. The molecule has 0 saturated carbocycles. The topological polar surface area (TPSA) is 294 Å². The summed E-state index contributed by atoms with van der Waals surface area (Å²) in [6, 6.07) is 43.6. The molecule has 6 saturated heterocycles. The van der Waals surface area contributed by atoms with Crippen molar-refractivity contribution in [2.45, 2.75) is 88.6 Å². The van der Waals surface area contributed by atoms with Crippen LogP contribution in [0.2, 0.25) is 0 Å². The summed E-state index contributed by atoms with van der Waals surface area (Å²) in [6.45, 7) is 11.4. The van der Waals surface area contributed by atoms with Gasteiger partial charge in [0.15, 0.2) is 11.3 Å². The Morgan fingerprint density at radius 1 is 0.486 bits per heavy atom. The molecule has 8 aliphatic rings. The SMILES string of the molecule is Nc1ccc2c(c1)CN(C1CCC(=O)NC1=O)C2=O.O=C1CCC(N2Cc3cc(NCCN4CCN(c5cccc(-c6cnc7ccc(N8CCC[C@@H]8c8cccc(F)c8)nn67)n5)CC4)ccc3C2=O)C(=O)N1.O=CCN1CCN(c2cccc(-c3cnc4ccc(N5CCC[C@@H]5c5cccc(F)c5)nn34)n2)CC1. The molecule has 10 aromatic rings. The van der Waals surface area contributed by atoms with Crippen LogP contribution in [0.5, 0.6) is 0 Å². The minimum absolute atomic E-state index is 0.0689. The largest absolute Gasteiger partial charge is 0.399 e. The van der Waals surface area contributed by atoms with Crippen LogP contribution in [0.4, 0.5) is 43.4 Å². The van der Waals surface area contributed by atoms with Crippen molar-refractivity contribution < 1.29 is 42.3 Å². The molecule has 109 heavy (non-hydrogen) atoms. The third kappa shape index (κ3) is 15.1. The lowest BCUT2D eigenvalue weighted by atomic mass is 10.0. The number of benzene rings is 4. The van der Waals surface area contributed by atoms with Gasteiger partial charge in [0.2, 0.25) is 23.6 Å². The van der Waals surface area contributed by atoms with Crippen LogP contribution >= 0.6 is 0 Å². The number of nitrogens with zero attached hydrogens (tertiary/aromatic N) is 16. The second-order valence-electron chi connectivity index (χ2n) is 28.6. The monoisotopic (exact) mass is 1470 g/mol. The Hall–Kier alpha value is -12.1. The highest BCUT2D eigenvalue weighted by Gasteiger charge is 2.41. The average molecular weight is 1470 g/mol. The number of nitrogens with one attached hydrogen (secondary N) is 3. The number of halogens is 2. The van der Waals surface area contributed by atoms with Crippen LogP contribution in [-0.2, 0) is 37.1 Å². The van der Waals surface area contributed by atoms with Crippen molar-refractivity contribution in [2.24, 2.45) is 0 Å². The molecule has 558 valence electrons. The molecule has 0 aliphatic carbocycles. The fourth-order valence-corrected chi connectivity index (χ4v) is 16.2. The van der Waals surface area contributed by atoms with Crippen molar-refractivity contribution in [1.82, 2.24) is 69.4 Å². The van der Waals surface area contributed by atoms with Crippen molar-refractivity contribution in [3.8, 4) is 22.8 Å². The van der Waals surface area contributed by atoms with E-state index in [0.29, 0.717) is 49.3 Å². The summed E-state index contributed by atoms with van der Waals surface area (Å²) >= 11 is 0. The van der Waals surface area contributed by atoms with Gasteiger partial charge in [-0.05, 0) is 170 Å². The molecule has 29 heteroatoms. The molecule has 2 unspecified atom stereocenters. The van der Waals surface area contributed by atoms with E-state index in [1.54, 1.807) is 47.4 Å². The van der Waals surface area contributed by atoms with Gasteiger partial charge < -0.3 is 45.2 Å². The van der Waals surface area contributed by atoms with E-state index in [0.717, 1.165) is 196 Å². The van der Waals surface area contributed by atoms with Crippen LogP contribution in [0, 0.1) is 11.6 Å². The van der Waals surface area contributed by atoms with Crippen LogP contribution in [0.15, 0.2) is 158 Å². The number of nitrogen functional groups attached to an aromatic ring is 1. The van der Waals surface area contributed by atoms with Crippen molar-refractivity contribution in [3.63, 3.8) is 0 Å². The number of anilines is 6. The first-order chi connectivity index (χ1) is 53.1. The van der Waals surface area contributed by atoms with E-state index in [2.05, 4.69) is 61.4 Å². The molecule has 27 nitrogen and oxygen atoms in total. The van der Waals surface area contributed by atoms with Crippen LogP contribution in [0.1, 0.15) is 106 Å². The Morgan fingerprint density at radius 3 is 1.47 bits per heavy atom.